The van der Waals surface area contributed by atoms with Crippen molar-refractivity contribution < 1.29 is 14.3 Å². The predicted octanol–water partition coefficient (Wildman–Crippen LogP) is 2.42. The maximum absolute atomic E-state index is 12.3. The van der Waals surface area contributed by atoms with E-state index in [1.807, 2.05) is 6.07 Å². The quantitative estimate of drug-likeness (QED) is 0.728. The van der Waals surface area contributed by atoms with Crippen LogP contribution in [0.25, 0.3) is 0 Å². The van der Waals surface area contributed by atoms with Crippen LogP contribution < -0.4 is 10.9 Å². The number of nitrogens with zero attached hydrogens (tertiary/aromatic N) is 1. The van der Waals surface area contributed by atoms with E-state index in [1.165, 1.54) is 6.42 Å². The lowest BCUT2D eigenvalue weighted by atomic mass is 9.86. The number of hydrogen-bond acceptors (Lipinski definition) is 5. The lowest BCUT2D eigenvalue weighted by Gasteiger charge is -2.30. The molecule has 0 bridgehead atoms. The minimum Gasteiger partial charge on any atom is -0.453 e. The Balaban J connectivity index is 1.91. The summed E-state index contributed by atoms with van der Waals surface area (Å²) >= 11 is 0. The van der Waals surface area contributed by atoms with E-state index in [9.17, 15) is 14.4 Å². The van der Waals surface area contributed by atoms with Crippen molar-refractivity contribution in [3.8, 4) is 6.07 Å². The monoisotopic (exact) mass is 387 g/mol. The van der Waals surface area contributed by atoms with Gasteiger partial charge >= 0.3 is 5.97 Å². The second-order valence-corrected chi connectivity index (χ2v) is 7.68. The molecule has 0 aromatic carbocycles. The van der Waals surface area contributed by atoms with E-state index < -0.39 is 17.6 Å². The van der Waals surface area contributed by atoms with Crippen molar-refractivity contribution in [2.75, 3.05) is 0 Å². The molecule has 3 atom stereocenters. The van der Waals surface area contributed by atoms with Gasteiger partial charge in [-0.05, 0) is 57.1 Å². The minimum atomic E-state index is -0.853. The third kappa shape index (κ3) is 5.22. The van der Waals surface area contributed by atoms with Gasteiger partial charge in [0, 0.05) is 18.2 Å². The highest BCUT2D eigenvalue weighted by Crippen LogP contribution is 2.23. The molecule has 2 rings (SSSR count). The molecule has 1 amide bonds. The van der Waals surface area contributed by atoms with Crippen molar-refractivity contribution >= 4 is 11.9 Å². The number of nitriles is 1. The molecular weight excluding hydrogens is 358 g/mol. The van der Waals surface area contributed by atoms with E-state index in [0.29, 0.717) is 23.6 Å². The SMILES string of the molecule is Cc1[nH]c(=O)c(C#N)c(C)c1CCC(=O)O[C@H](C)C(=O)N[C@@H]1CCCC[C@@H]1C. The number of ether oxygens (including phenoxy) is 1. The van der Waals surface area contributed by atoms with E-state index in [4.69, 9.17) is 10.00 Å². The number of H-pyrrole nitrogens is 1. The summed E-state index contributed by atoms with van der Waals surface area (Å²) < 4.78 is 5.28. The highest BCUT2D eigenvalue weighted by Gasteiger charge is 2.26. The molecule has 1 aliphatic rings. The molecule has 1 saturated carbocycles. The van der Waals surface area contributed by atoms with Gasteiger partial charge in [-0.25, -0.2) is 0 Å². The number of rotatable bonds is 6. The number of carbonyl (C=O) groups is 2. The fraction of sp³-hybridized carbons (Fsp3) is 0.619. The van der Waals surface area contributed by atoms with Gasteiger partial charge < -0.3 is 15.0 Å². The maximum atomic E-state index is 12.3. The molecule has 2 N–H and O–H groups in total. The summed E-state index contributed by atoms with van der Waals surface area (Å²) in [5.41, 5.74) is 1.59. The van der Waals surface area contributed by atoms with Crippen LogP contribution in [0.15, 0.2) is 4.79 Å². The van der Waals surface area contributed by atoms with Crippen molar-refractivity contribution in [1.29, 1.82) is 5.26 Å². The molecule has 0 aliphatic heterocycles. The van der Waals surface area contributed by atoms with Crippen LogP contribution in [-0.4, -0.2) is 29.0 Å². The molecule has 7 heteroatoms. The van der Waals surface area contributed by atoms with Crippen molar-refractivity contribution in [2.45, 2.75) is 78.4 Å². The van der Waals surface area contributed by atoms with Gasteiger partial charge in [-0.3, -0.25) is 14.4 Å². The van der Waals surface area contributed by atoms with Crippen LogP contribution in [0.4, 0.5) is 0 Å². The van der Waals surface area contributed by atoms with E-state index >= 15 is 0 Å². The number of aromatic nitrogens is 1. The summed E-state index contributed by atoms with van der Waals surface area (Å²) in [7, 11) is 0. The highest BCUT2D eigenvalue weighted by molar-refractivity contribution is 5.83. The number of hydrogen-bond donors (Lipinski definition) is 2. The number of amides is 1. The Hall–Kier alpha value is -2.62. The van der Waals surface area contributed by atoms with Gasteiger partial charge in [-0.15, -0.1) is 0 Å². The summed E-state index contributed by atoms with van der Waals surface area (Å²) in [5, 5.41) is 12.1. The van der Waals surface area contributed by atoms with E-state index in [2.05, 4.69) is 17.2 Å². The van der Waals surface area contributed by atoms with Crippen LogP contribution in [-0.2, 0) is 20.7 Å². The zero-order valence-corrected chi connectivity index (χ0v) is 17.1. The van der Waals surface area contributed by atoms with Crippen LogP contribution in [0.5, 0.6) is 0 Å². The standard InChI is InChI=1S/C21H29N3O4/c1-12-7-5-6-8-18(12)24-20(26)15(4)28-19(25)10-9-16-13(2)17(11-22)21(27)23-14(16)3/h12,15,18H,5-10H2,1-4H3,(H,23,27)(H,24,26)/t12-,15+,18+/m0/s1. The number of nitrogens with one attached hydrogen (secondary N) is 2. The average molecular weight is 387 g/mol. The van der Waals surface area contributed by atoms with Gasteiger partial charge in [0.05, 0.1) is 0 Å². The summed E-state index contributed by atoms with van der Waals surface area (Å²) in [6.07, 6.45) is 3.89. The molecular formula is C21H29N3O4. The normalized spacial score (nSPS) is 20.1. The second kappa shape index (κ2) is 9.54. The molecule has 152 valence electrons. The Kier molecular flexibility index (Phi) is 7.38. The Morgan fingerprint density at radius 3 is 2.64 bits per heavy atom. The number of carbonyl (C=O) groups excluding carboxylic acids is 2. The Bertz CT molecular complexity index is 837. The molecule has 1 heterocycles. The number of pyridine rings is 1. The van der Waals surface area contributed by atoms with Crippen LogP contribution in [0, 0.1) is 31.1 Å². The minimum absolute atomic E-state index is 0.0586. The fourth-order valence-electron chi connectivity index (χ4n) is 3.79. The Morgan fingerprint density at radius 2 is 2.00 bits per heavy atom. The maximum Gasteiger partial charge on any atom is 0.306 e. The zero-order valence-electron chi connectivity index (χ0n) is 17.1. The van der Waals surface area contributed by atoms with Gasteiger partial charge in [0.15, 0.2) is 6.10 Å². The molecule has 1 aliphatic carbocycles. The van der Waals surface area contributed by atoms with Gasteiger partial charge in [0.2, 0.25) is 0 Å². The molecule has 0 radical (unpaired) electrons. The third-order valence-electron chi connectivity index (χ3n) is 5.62. The molecule has 7 nitrogen and oxygen atoms in total. The highest BCUT2D eigenvalue weighted by atomic mass is 16.5. The summed E-state index contributed by atoms with van der Waals surface area (Å²) in [4.78, 5) is 38.9. The fourth-order valence-corrected chi connectivity index (χ4v) is 3.79. The van der Waals surface area contributed by atoms with Crippen molar-refractivity contribution in [1.82, 2.24) is 10.3 Å². The number of esters is 1. The van der Waals surface area contributed by atoms with Crippen LogP contribution in [0.1, 0.15) is 68.3 Å². The van der Waals surface area contributed by atoms with Gasteiger partial charge in [-0.1, -0.05) is 19.8 Å². The van der Waals surface area contributed by atoms with Gasteiger partial charge in [-0.2, -0.15) is 5.26 Å². The van der Waals surface area contributed by atoms with Crippen LogP contribution in [0.2, 0.25) is 0 Å². The van der Waals surface area contributed by atoms with Crippen molar-refractivity contribution in [3.05, 3.63) is 32.7 Å². The second-order valence-electron chi connectivity index (χ2n) is 7.68. The molecule has 1 fully saturated rings. The third-order valence-corrected chi connectivity index (χ3v) is 5.62. The lowest BCUT2D eigenvalue weighted by Crippen LogP contribution is -2.46. The molecule has 1 aromatic heterocycles. The summed E-state index contributed by atoms with van der Waals surface area (Å²) in [5.74, 6) is -0.320. The van der Waals surface area contributed by atoms with Crippen molar-refractivity contribution in [3.63, 3.8) is 0 Å². The summed E-state index contributed by atoms with van der Waals surface area (Å²) in [6.45, 7) is 7.14. The molecule has 28 heavy (non-hydrogen) atoms. The molecule has 0 saturated heterocycles. The van der Waals surface area contributed by atoms with Gasteiger partial charge in [0.1, 0.15) is 11.6 Å². The number of aromatic amines is 1. The Morgan fingerprint density at radius 1 is 1.32 bits per heavy atom. The first-order valence-corrected chi connectivity index (χ1v) is 9.86. The average Bonchev–Trinajstić information content (AvgIpc) is 2.63. The Labute approximate surface area is 165 Å². The smallest absolute Gasteiger partial charge is 0.306 e. The lowest BCUT2D eigenvalue weighted by molar-refractivity contribution is -0.155. The van der Waals surface area contributed by atoms with Gasteiger partial charge in [0.25, 0.3) is 11.5 Å². The predicted molar refractivity (Wildman–Crippen MR) is 105 cm³/mol. The summed E-state index contributed by atoms with van der Waals surface area (Å²) in [6, 6.07) is 2.03. The molecule has 0 spiro atoms. The topological polar surface area (TPSA) is 112 Å². The molecule has 1 aromatic rings. The zero-order chi connectivity index (χ0) is 20.8. The van der Waals surface area contributed by atoms with E-state index in [0.717, 1.165) is 24.8 Å². The largest absolute Gasteiger partial charge is 0.453 e. The van der Waals surface area contributed by atoms with E-state index in [1.54, 1.807) is 20.8 Å². The van der Waals surface area contributed by atoms with E-state index in [-0.39, 0.29) is 23.9 Å². The van der Waals surface area contributed by atoms with Crippen LogP contribution in [0.3, 0.4) is 0 Å². The first-order chi connectivity index (χ1) is 13.2. The first kappa shape index (κ1) is 21.7. The van der Waals surface area contributed by atoms with Crippen LogP contribution >= 0.6 is 0 Å². The van der Waals surface area contributed by atoms with Crippen molar-refractivity contribution in [2.24, 2.45) is 5.92 Å². The molecule has 0 unspecified atom stereocenters. The first-order valence-electron chi connectivity index (χ1n) is 9.86. The number of aryl methyl sites for hydroxylation is 1.